The van der Waals surface area contributed by atoms with Crippen molar-refractivity contribution in [2.45, 2.75) is 173 Å². The van der Waals surface area contributed by atoms with Crippen LogP contribution in [0.5, 0.6) is 0 Å². The number of phosphoric ester groups is 1. The summed E-state index contributed by atoms with van der Waals surface area (Å²) in [5, 5.41) is 31.3. The molecular formula is C42H78NO11P. The Labute approximate surface area is 333 Å². The minimum atomic E-state index is -4.68. The van der Waals surface area contributed by atoms with Gasteiger partial charge >= 0.3 is 11.9 Å². The van der Waals surface area contributed by atoms with Crippen LogP contribution in [0, 0.1) is 11.8 Å². The summed E-state index contributed by atoms with van der Waals surface area (Å²) in [5.41, 5.74) is 0. The molecule has 1 saturated carbocycles. The quantitative estimate of drug-likeness (QED) is 0.0196. The lowest BCUT2D eigenvalue weighted by molar-refractivity contribution is -0.870. The molecule has 3 N–H and O–H groups in total. The Kier molecular flexibility index (Phi) is 28.4. The molecule has 0 saturated heterocycles. The molecule has 0 aromatic heterocycles. The normalized spacial score (nSPS) is 21.3. The number of aliphatic hydroxyl groups excluding tert-OH is 3. The van der Waals surface area contributed by atoms with Crippen molar-refractivity contribution >= 4 is 19.8 Å². The van der Waals surface area contributed by atoms with Crippen LogP contribution < -0.4 is 4.89 Å². The van der Waals surface area contributed by atoms with Crippen LogP contribution in [-0.4, -0.2) is 104 Å². The Morgan fingerprint density at radius 3 is 2.04 bits per heavy atom. The van der Waals surface area contributed by atoms with E-state index in [1.807, 2.05) is 39.4 Å². The fraction of sp³-hybridized carbons (Fsp3) is 0.857. The molecule has 1 rings (SSSR count). The lowest BCUT2D eigenvalue weighted by Gasteiger charge is -2.28. The third kappa shape index (κ3) is 27.6. The SMILES string of the molecule is CCCCCCCCCCCCCC(=O)O[C@H](COC(=O)CCC/C=C/C[C@@H]1[C@@H](/C=C/[C@@H](O)CCCCC)[C@H](O)C[C@@H]1O)COP(=O)([O-])OCC[N+](C)(C)C. The zero-order valence-corrected chi connectivity index (χ0v) is 35.8. The largest absolute Gasteiger partial charge is 0.756 e. The molecule has 13 heteroatoms. The van der Waals surface area contributed by atoms with Gasteiger partial charge in [0.05, 0.1) is 46.1 Å². The predicted octanol–water partition coefficient (Wildman–Crippen LogP) is 7.32. The summed E-state index contributed by atoms with van der Waals surface area (Å²) >= 11 is 0. The Morgan fingerprint density at radius 2 is 1.40 bits per heavy atom. The second-order valence-corrected chi connectivity index (χ2v) is 17.7. The van der Waals surface area contributed by atoms with Gasteiger partial charge in [0.25, 0.3) is 7.82 Å². The van der Waals surface area contributed by atoms with Gasteiger partial charge in [0.2, 0.25) is 0 Å². The number of allylic oxidation sites excluding steroid dienone is 2. The first-order valence-corrected chi connectivity index (χ1v) is 22.8. The lowest BCUT2D eigenvalue weighted by atomic mass is 9.89. The van der Waals surface area contributed by atoms with Crippen molar-refractivity contribution < 1.29 is 57.4 Å². The highest BCUT2D eigenvalue weighted by atomic mass is 31.2. The molecule has 1 unspecified atom stereocenters. The molecule has 0 aromatic rings. The fourth-order valence-corrected chi connectivity index (χ4v) is 7.32. The highest BCUT2D eigenvalue weighted by molar-refractivity contribution is 7.45. The van der Waals surface area contributed by atoms with Crippen molar-refractivity contribution in [2.24, 2.45) is 11.8 Å². The third-order valence-corrected chi connectivity index (χ3v) is 11.0. The minimum absolute atomic E-state index is 0.0683. The second-order valence-electron chi connectivity index (χ2n) is 16.3. The molecule has 0 radical (unpaired) electrons. The zero-order chi connectivity index (χ0) is 41.0. The number of nitrogens with zero attached hydrogens (tertiary/aromatic N) is 1. The van der Waals surface area contributed by atoms with Crippen LogP contribution >= 0.6 is 7.82 Å². The summed E-state index contributed by atoms with van der Waals surface area (Å²) in [6.07, 6.45) is 23.1. The molecule has 0 heterocycles. The van der Waals surface area contributed by atoms with Crippen LogP contribution in [0.4, 0.5) is 0 Å². The summed E-state index contributed by atoms with van der Waals surface area (Å²) < 4.78 is 33.8. The number of phosphoric acid groups is 1. The van der Waals surface area contributed by atoms with Gasteiger partial charge in [-0.1, -0.05) is 122 Å². The number of carbonyl (C=O) groups excluding carboxylic acids is 2. The van der Waals surface area contributed by atoms with E-state index in [1.54, 1.807) is 6.08 Å². The number of rotatable bonds is 34. The maximum atomic E-state index is 12.7. The molecule has 1 fully saturated rings. The number of likely N-dealkylation sites (N-methyl/N-ethyl adjacent to an activating group) is 1. The first-order valence-electron chi connectivity index (χ1n) is 21.3. The average molecular weight is 804 g/mol. The van der Waals surface area contributed by atoms with Gasteiger partial charge in [0.1, 0.15) is 19.8 Å². The summed E-state index contributed by atoms with van der Waals surface area (Å²) in [4.78, 5) is 37.6. The van der Waals surface area contributed by atoms with E-state index in [9.17, 15) is 34.4 Å². The van der Waals surface area contributed by atoms with Crippen molar-refractivity contribution in [3.63, 3.8) is 0 Å². The van der Waals surface area contributed by atoms with E-state index in [1.165, 1.54) is 44.9 Å². The van der Waals surface area contributed by atoms with Crippen LogP contribution in [0.15, 0.2) is 24.3 Å². The standard InChI is InChI=1S/C42H78NO11P/c1-6-8-10-11-12-13-14-15-16-17-23-27-42(48)54-36(34-53-55(49,50)52-31-30-43(3,4)5)33-51-41(47)26-22-19-18-21-25-37-38(40(46)32-39(37)45)29-28-35(44)24-20-9-7-2/h18,21,28-29,35-40,44-46H,6-17,19-20,22-27,30-34H2,1-5H3/b21-18+,29-28+/t35-,36+,37+,38+,39-,40+/m0/s1. The maximum Gasteiger partial charge on any atom is 0.306 e. The highest BCUT2D eigenvalue weighted by Crippen LogP contribution is 2.38. The van der Waals surface area contributed by atoms with Gasteiger partial charge < -0.3 is 43.2 Å². The Hall–Kier alpha value is -1.63. The average Bonchev–Trinajstić information content (AvgIpc) is 3.39. The van der Waals surface area contributed by atoms with Crippen molar-refractivity contribution in [3.05, 3.63) is 24.3 Å². The summed E-state index contributed by atoms with van der Waals surface area (Å²) in [6, 6.07) is 0. The van der Waals surface area contributed by atoms with Crippen molar-refractivity contribution in [2.75, 3.05) is 47.5 Å². The molecule has 0 amide bonds. The highest BCUT2D eigenvalue weighted by Gasteiger charge is 2.39. The molecular weight excluding hydrogens is 725 g/mol. The molecule has 322 valence electrons. The number of hydrogen-bond acceptors (Lipinski definition) is 11. The second kappa shape index (κ2) is 30.4. The molecule has 55 heavy (non-hydrogen) atoms. The van der Waals surface area contributed by atoms with E-state index in [-0.39, 0.29) is 37.9 Å². The fourth-order valence-electron chi connectivity index (χ4n) is 6.59. The van der Waals surface area contributed by atoms with E-state index < -0.39 is 50.8 Å². The van der Waals surface area contributed by atoms with Crippen molar-refractivity contribution in [1.82, 2.24) is 0 Å². The molecule has 12 nitrogen and oxygen atoms in total. The van der Waals surface area contributed by atoms with E-state index in [2.05, 4.69) is 13.8 Å². The lowest BCUT2D eigenvalue weighted by Crippen LogP contribution is -2.37. The Balaban J connectivity index is 2.53. The van der Waals surface area contributed by atoms with Gasteiger partial charge in [-0.3, -0.25) is 14.2 Å². The third-order valence-electron chi connectivity index (χ3n) is 10.0. The first kappa shape index (κ1) is 51.4. The predicted molar refractivity (Wildman–Crippen MR) is 215 cm³/mol. The van der Waals surface area contributed by atoms with Gasteiger partial charge in [-0.25, -0.2) is 0 Å². The smallest absolute Gasteiger partial charge is 0.306 e. The first-order chi connectivity index (χ1) is 26.2. The van der Waals surface area contributed by atoms with Gasteiger partial charge in [0.15, 0.2) is 6.10 Å². The Morgan fingerprint density at radius 1 is 0.800 bits per heavy atom. The number of aliphatic hydroxyl groups is 3. The van der Waals surface area contributed by atoms with E-state index in [4.69, 9.17) is 18.5 Å². The zero-order valence-electron chi connectivity index (χ0n) is 35.0. The van der Waals surface area contributed by atoms with Crippen LogP contribution in [0.3, 0.4) is 0 Å². The van der Waals surface area contributed by atoms with Crippen LogP contribution in [-0.2, 0) is 32.7 Å². The molecule has 0 bridgehead atoms. The number of carbonyl (C=O) groups is 2. The van der Waals surface area contributed by atoms with E-state index >= 15 is 0 Å². The number of quaternary nitrogens is 1. The van der Waals surface area contributed by atoms with Crippen LogP contribution in [0.25, 0.3) is 0 Å². The topological polar surface area (TPSA) is 172 Å². The Bertz CT molecular complexity index is 1110. The van der Waals surface area contributed by atoms with E-state index in [0.29, 0.717) is 49.6 Å². The monoisotopic (exact) mass is 804 g/mol. The number of hydrogen-bond donors (Lipinski definition) is 3. The number of ether oxygens (including phenoxy) is 2. The summed E-state index contributed by atoms with van der Waals surface area (Å²) in [7, 11) is 1.03. The molecule has 0 spiro atoms. The van der Waals surface area contributed by atoms with E-state index in [0.717, 1.165) is 38.5 Å². The molecule has 0 aliphatic heterocycles. The minimum Gasteiger partial charge on any atom is -0.756 e. The molecule has 1 aliphatic rings. The molecule has 0 aromatic carbocycles. The van der Waals surface area contributed by atoms with Gasteiger partial charge in [-0.2, -0.15) is 0 Å². The number of unbranched alkanes of at least 4 members (excludes halogenated alkanes) is 13. The van der Waals surface area contributed by atoms with Gasteiger partial charge in [-0.15, -0.1) is 0 Å². The molecule has 1 aliphatic carbocycles. The summed E-state index contributed by atoms with van der Waals surface area (Å²) in [6.45, 7) is 3.83. The van der Waals surface area contributed by atoms with Crippen molar-refractivity contribution in [1.29, 1.82) is 0 Å². The molecule has 7 atom stereocenters. The van der Waals surface area contributed by atoms with Gasteiger partial charge in [-0.05, 0) is 38.0 Å². The summed E-state index contributed by atoms with van der Waals surface area (Å²) in [5.74, 6) is -1.43. The van der Waals surface area contributed by atoms with Crippen LogP contribution in [0.2, 0.25) is 0 Å². The van der Waals surface area contributed by atoms with Crippen LogP contribution in [0.1, 0.15) is 149 Å². The maximum absolute atomic E-state index is 12.7. The van der Waals surface area contributed by atoms with Gasteiger partial charge in [0, 0.05) is 25.2 Å². The van der Waals surface area contributed by atoms with Crippen molar-refractivity contribution in [3.8, 4) is 0 Å². The number of esters is 2.